The number of benzene rings is 1. The first-order valence-electron chi connectivity index (χ1n) is 8.16. The number of carbonyl (C=O) groups excluding carboxylic acids is 1. The lowest BCUT2D eigenvalue weighted by Crippen LogP contribution is -2.28. The number of thioether (sulfide) groups is 1. The number of hydrogen-bond donors (Lipinski definition) is 0. The maximum Gasteiger partial charge on any atom is 0.266 e. The van der Waals surface area contributed by atoms with E-state index in [1.54, 1.807) is 11.0 Å². The van der Waals surface area contributed by atoms with Crippen LogP contribution in [0.1, 0.15) is 18.2 Å². The maximum absolute atomic E-state index is 12.7. The fraction of sp³-hybridized carbons (Fsp3) is 0.211. The summed E-state index contributed by atoms with van der Waals surface area (Å²) in [5.41, 5.74) is 1.87. The molecule has 1 aromatic carbocycles. The van der Waals surface area contributed by atoms with Crippen molar-refractivity contribution in [2.45, 2.75) is 13.8 Å². The van der Waals surface area contributed by atoms with Gasteiger partial charge in [0.05, 0.1) is 10.6 Å². The zero-order chi connectivity index (χ0) is 18.5. The molecule has 3 rings (SSSR count). The van der Waals surface area contributed by atoms with E-state index in [9.17, 15) is 4.79 Å². The molecule has 0 atom stereocenters. The van der Waals surface area contributed by atoms with Gasteiger partial charge in [0, 0.05) is 11.9 Å². The summed E-state index contributed by atoms with van der Waals surface area (Å²) in [6, 6.07) is 7.61. The van der Waals surface area contributed by atoms with Gasteiger partial charge in [-0.15, -0.1) is 11.3 Å². The highest BCUT2D eigenvalue weighted by molar-refractivity contribution is 8.18. The lowest BCUT2D eigenvalue weighted by Gasteiger charge is -2.11. The largest absolute Gasteiger partial charge is 0.490 e. The number of nitrogens with zero attached hydrogens (tertiary/aromatic N) is 3. The molecule has 1 aliphatic heterocycles. The number of hydrogen-bond acceptors (Lipinski definition) is 6. The molecule has 1 saturated heterocycles. The number of likely N-dealkylation sites (N-methyl/N-ethyl adjacent to an activating group) is 1. The topological polar surface area (TPSA) is 54.8 Å². The highest BCUT2D eigenvalue weighted by Gasteiger charge is 2.32. The van der Waals surface area contributed by atoms with Gasteiger partial charge in [-0.2, -0.15) is 4.99 Å². The Hall–Kier alpha value is -2.38. The van der Waals surface area contributed by atoms with Gasteiger partial charge in [-0.05, 0) is 49.4 Å². The molecule has 0 unspecified atom stereocenters. The number of aryl methyl sites for hydroxylation is 1. The Morgan fingerprint density at radius 3 is 2.73 bits per heavy atom. The average molecular weight is 386 g/mol. The predicted octanol–water partition coefficient (Wildman–Crippen LogP) is 4.64. The van der Waals surface area contributed by atoms with Crippen LogP contribution in [0.25, 0.3) is 6.08 Å². The van der Waals surface area contributed by atoms with Crippen LogP contribution in [0.4, 0.5) is 5.13 Å². The van der Waals surface area contributed by atoms with Gasteiger partial charge in [0.15, 0.2) is 5.17 Å². The molecule has 0 N–H and O–H groups in total. The molecule has 1 aromatic heterocycles. The van der Waals surface area contributed by atoms with Crippen LogP contribution in [-0.4, -0.2) is 34.1 Å². The van der Waals surface area contributed by atoms with E-state index in [0.29, 0.717) is 28.4 Å². The number of amides is 1. The second-order valence-electron chi connectivity index (χ2n) is 5.49. The van der Waals surface area contributed by atoms with Gasteiger partial charge < -0.3 is 4.74 Å². The standard InChI is InChI=1S/C19H19N3O2S2/c1-4-10-24-15-8-6-14(7-9-15)11-16-17(23)22(5-2)19(26-16)21-18-20-13(3)12-25-18/h4,6-9,11-12H,1,5,10H2,2-3H3/b16-11-,21-19+. The minimum Gasteiger partial charge on any atom is -0.490 e. The Kier molecular flexibility index (Phi) is 5.90. The van der Waals surface area contributed by atoms with Crippen molar-refractivity contribution in [3.8, 4) is 5.75 Å². The summed E-state index contributed by atoms with van der Waals surface area (Å²) < 4.78 is 5.48. The SMILES string of the molecule is C=CCOc1ccc(/C=C2\S/C(=N/c3nc(C)cs3)N(CC)C2=O)cc1. The second-order valence-corrected chi connectivity index (χ2v) is 7.34. The second kappa shape index (κ2) is 8.33. The fourth-order valence-electron chi connectivity index (χ4n) is 2.31. The van der Waals surface area contributed by atoms with Crippen molar-refractivity contribution in [3.05, 3.63) is 58.5 Å². The molecule has 0 saturated carbocycles. The van der Waals surface area contributed by atoms with Crippen LogP contribution >= 0.6 is 23.1 Å². The molecule has 26 heavy (non-hydrogen) atoms. The van der Waals surface area contributed by atoms with Gasteiger partial charge in [0.25, 0.3) is 5.91 Å². The number of aliphatic imine (C=N–C) groups is 1. The van der Waals surface area contributed by atoms with Crippen LogP contribution < -0.4 is 4.74 Å². The summed E-state index contributed by atoms with van der Waals surface area (Å²) in [6.45, 7) is 8.54. The number of thiazole rings is 1. The highest BCUT2D eigenvalue weighted by Crippen LogP contribution is 2.34. The molecule has 1 amide bonds. The van der Waals surface area contributed by atoms with Gasteiger partial charge in [-0.1, -0.05) is 24.8 Å². The molecule has 134 valence electrons. The predicted molar refractivity (Wildman–Crippen MR) is 109 cm³/mol. The van der Waals surface area contributed by atoms with Crippen molar-refractivity contribution in [1.82, 2.24) is 9.88 Å². The molecule has 5 nitrogen and oxygen atoms in total. The lowest BCUT2D eigenvalue weighted by atomic mass is 10.2. The first kappa shape index (κ1) is 18.4. The number of amidine groups is 1. The van der Waals surface area contributed by atoms with Gasteiger partial charge in [0.1, 0.15) is 12.4 Å². The van der Waals surface area contributed by atoms with Crippen molar-refractivity contribution in [3.63, 3.8) is 0 Å². The van der Waals surface area contributed by atoms with Crippen LogP contribution in [-0.2, 0) is 4.79 Å². The third-order valence-electron chi connectivity index (χ3n) is 3.55. The Morgan fingerprint density at radius 1 is 1.35 bits per heavy atom. The summed E-state index contributed by atoms with van der Waals surface area (Å²) in [4.78, 5) is 23.9. The van der Waals surface area contributed by atoms with E-state index in [1.807, 2.05) is 49.6 Å². The molecule has 1 fully saturated rings. The maximum atomic E-state index is 12.7. The Balaban J connectivity index is 1.81. The average Bonchev–Trinajstić information content (AvgIpc) is 3.17. The zero-order valence-electron chi connectivity index (χ0n) is 14.6. The van der Waals surface area contributed by atoms with Crippen molar-refractivity contribution in [2.24, 2.45) is 4.99 Å². The summed E-state index contributed by atoms with van der Waals surface area (Å²) in [6.07, 6.45) is 3.58. The molecule has 2 heterocycles. The fourth-order valence-corrected chi connectivity index (χ4v) is 4.08. The first-order valence-corrected chi connectivity index (χ1v) is 9.86. The molecule has 0 spiro atoms. The van der Waals surface area contributed by atoms with E-state index in [1.165, 1.54) is 23.1 Å². The molecule has 0 bridgehead atoms. The van der Waals surface area contributed by atoms with Crippen molar-refractivity contribution in [2.75, 3.05) is 13.2 Å². The summed E-state index contributed by atoms with van der Waals surface area (Å²) in [5.74, 6) is 0.741. The highest BCUT2D eigenvalue weighted by atomic mass is 32.2. The van der Waals surface area contributed by atoms with Crippen LogP contribution in [0, 0.1) is 6.92 Å². The normalized spacial score (nSPS) is 17.3. The quantitative estimate of drug-likeness (QED) is 0.537. The number of ether oxygens (including phenoxy) is 1. The third kappa shape index (κ3) is 4.23. The summed E-state index contributed by atoms with van der Waals surface area (Å²) in [5, 5.41) is 3.29. The van der Waals surface area contributed by atoms with Crippen LogP contribution in [0.3, 0.4) is 0 Å². The Labute approximate surface area is 161 Å². The smallest absolute Gasteiger partial charge is 0.266 e. The van der Waals surface area contributed by atoms with E-state index in [2.05, 4.69) is 16.6 Å². The van der Waals surface area contributed by atoms with Crippen LogP contribution in [0.15, 0.2) is 52.2 Å². The van der Waals surface area contributed by atoms with Gasteiger partial charge in [-0.25, -0.2) is 4.98 Å². The minimum absolute atomic E-state index is 0.0310. The molecular formula is C19H19N3O2S2. The van der Waals surface area contributed by atoms with E-state index in [0.717, 1.165) is 17.0 Å². The van der Waals surface area contributed by atoms with Crippen molar-refractivity contribution < 1.29 is 9.53 Å². The Bertz CT molecular complexity index is 869. The van der Waals surface area contributed by atoms with E-state index in [-0.39, 0.29) is 5.91 Å². The molecule has 0 radical (unpaired) electrons. The molecule has 1 aliphatic rings. The molecule has 7 heteroatoms. The summed E-state index contributed by atoms with van der Waals surface area (Å²) >= 11 is 2.85. The zero-order valence-corrected chi connectivity index (χ0v) is 16.3. The minimum atomic E-state index is -0.0310. The van der Waals surface area contributed by atoms with E-state index >= 15 is 0 Å². The van der Waals surface area contributed by atoms with Gasteiger partial charge in [-0.3, -0.25) is 9.69 Å². The third-order valence-corrected chi connectivity index (χ3v) is 5.41. The van der Waals surface area contributed by atoms with Crippen molar-refractivity contribution in [1.29, 1.82) is 0 Å². The number of carbonyl (C=O) groups is 1. The number of rotatable bonds is 6. The summed E-state index contributed by atoms with van der Waals surface area (Å²) in [7, 11) is 0. The number of aromatic nitrogens is 1. The molecule has 2 aromatic rings. The molecular weight excluding hydrogens is 366 g/mol. The molecule has 0 aliphatic carbocycles. The monoisotopic (exact) mass is 385 g/mol. The van der Waals surface area contributed by atoms with Crippen molar-refractivity contribution >= 4 is 45.4 Å². The van der Waals surface area contributed by atoms with Crippen LogP contribution in [0.2, 0.25) is 0 Å². The first-order chi connectivity index (χ1) is 12.6. The Morgan fingerprint density at radius 2 is 2.12 bits per heavy atom. The van der Waals surface area contributed by atoms with Crippen LogP contribution in [0.5, 0.6) is 5.75 Å². The van der Waals surface area contributed by atoms with Gasteiger partial charge in [0.2, 0.25) is 5.13 Å². The van der Waals surface area contributed by atoms with Gasteiger partial charge >= 0.3 is 0 Å². The van der Waals surface area contributed by atoms with E-state index in [4.69, 9.17) is 4.74 Å². The van der Waals surface area contributed by atoms with E-state index < -0.39 is 0 Å². The lowest BCUT2D eigenvalue weighted by molar-refractivity contribution is -0.122.